The highest BCUT2D eigenvalue weighted by atomic mass is 32.1. The van der Waals surface area contributed by atoms with Crippen molar-refractivity contribution >= 4 is 22.4 Å². The van der Waals surface area contributed by atoms with Gasteiger partial charge in [-0.2, -0.15) is 0 Å². The van der Waals surface area contributed by atoms with Crippen LogP contribution in [0.15, 0.2) is 29.6 Å². The molecule has 0 spiro atoms. The minimum Gasteiger partial charge on any atom is -0.322 e. The van der Waals surface area contributed by atoms with Crippen molar-refractivity contribution in [2.45, 2.75) is 6.42 Å². The Morgan fingerprint density at radius 2 is 2.33 bits per heavy atom. The van der Waals surface area contributed by atoms with E-state index in [0.29, 0.717) is 11.6 Å². The second-order valence-corrected chi connectivity index (χ2v) is 4.56. The van der Waals surface area contributed by atoms with Crippen molar-refractivity contribution in [2.24, 2.45) is 5.73 Å². The van der Waals surface area contributed by atoms with Gasteiger partial charge in [0.1, 0.15) is 5.82 Å². The molecule has 0 bridgehead atoms. The van der Waals surface area contributed by atoms with Crippen molar-refractivity contribution in [3.05, 3.63) is 46.7 Å². The lowest BCUT2D eigenvalue weighted by molar-refractivity contribution is -0.114. The zero-order valence-electron chi connectivity index (χ0n) is 9.52. The number of carbonyl (C=O) groups is 1. The van der Waals surface area contributed by atoms with Crippen LogP contribution in [0.5, 0.6) is 0 Å². The molecule has 2 aromatic rings. The van der Waals surface area contributed by atoms with Crippen LogP contribution < -0.4 is 11.1 Å². The first kappa shape index (κ1) is 12.7. The molecule has 0 aliphatic heterocycles. The zero-order valence-corrected chi connectivity index (χ0v) is 10.3. The lowest BCUT2D eigenvalue weighted by Gasteiger charge is -1.99. The van der Waals surface area contributed by atoms with Gasteiger partial charge in [0.2, 0.25) is 5.91 Å². The van der Waals surface area contributed by atoms with Gasteiger partial charge in [0.25, 0.3) is 0 Å². The zero-order chi connectivity index (χ0) is 13.0. The molecule has 0 aliphatic carbocycles. The van der Waals surface area contributed by atoms with Crippen LogP contribution in [0.25, 0.3) is 0 Å². The first-order valence-electron chi connectivity index (χ1n) is 5.36. The number of halogens is 1. The minimum atomic E-state index is -0.276. The summed E-state index contributed by atoms with van der Waals surface area (Å²) in [7, 11) is 0. The van der Waals surface area contributed by atoms with Gasteiger partial charge in [0.05, 0.1) is 12.2 Å². The van der Waals surface area contributed by atoms with E-state index in [9.17, 15) is 9.18 Å². The van der Waals surface area contributed by atoms with Gasteiger partial charge >= 0.3 is 0 Å². The van der Waals surface area contributed by atoms with Gasteiger partial charge in [-0.1, -0.05) is 12.1 Å². The van der Waals surface area contributed by atoms with Gasteiger partial charge in [-0.3, -0.25) is 4.79 Å². The van der Waals surface area contributed by atoms with E-state index in [1.54, 1.807) is 6.07 Å². The molecule has 6 heteroatoms. The van der Waals surface area contributed by atoms with Gasteiger partial charge in [-0.25, -0.2) is 9.37 Å². The Kier molecular flexibility index (Phi) is 4.01. The molecule has 1 aromatic carbocycles. The molecule has 0 radical (unpaired) electrons. The summed E-state index contributed by atoms with van der Waals surface area (Å²) in [6, 6.07) is 6.36. The molecule has 0 atom stereocenters. The van der Waals surface area contributed by atoms with Gasteiger partial charge in [-0.05, 0) is 17.7 Å². The predicted octanol–water partition coefficient (Wildman–Crippen LogP) is 1.77. The normalized spacial score (nSPS) is 10.3. The van der Waals surface area contributed by atoms with E-state index in [4.69, 9.17) is 5.73 Å². The average Bonchev–Trinajstić information content (AvgIpc) is 2.76. The number of carbonyl (C=O) groups excluding carboxylic acids is 1. The largest absolute Gasteiger partial charge is 0.322 e. The maximum atomic E-state index is 13.0. The maximum absolute atomic E-state index is 13.0. The van der Waals surface area contributed by atoms with E-state index in [1.165, 1.54) is 23.5 Å². The van der Waals surface area contributed by atoms with Crippen molar-refractivity contribution in [1.82, 2.24) is 4.98 Å². The third-order valence-electron chi connectivity index (χ3n) is 2.26. The summed E-state index contributed by atoms with van der Waals surface area (Å²) < 4.78 is 13.0. The fourth-order valence-corrected chi connectivity index (χ4v) is 2.20. The van der Waals surface area contributed by atoms with Crippen molar-refractivity contribution in [3.63, 3.8) is 0 Å². The lowest BCUT2D eigenvalue weighted by Crippen LogP contribution is -2.21. The highest BCUT2D eigenvalue weighted by Gasteiger charge is 2.06. The quantitative estimate of drug-likeness (QED) is 0.885. The molecule has 94 valence electrons. The number of nitrogens with two attached hydrogens (primary N) is 1. The molecule has 0 saturated heterocycles. The fourth-order valence-electron chi connectivity index (χ4n) is 1.47. The smallest absolute Gasteiger partial charge is 0.239 e. The molecule has 1 heterocycles. The fraction of sp³-hybridized carbons (Fsp3) is 0.167. The number of aromatic nitrogens is 1. The number of hydrogen-bond donors (Lipinski definition) is 2. The molecular formula is C12H12FN3OS. The summed E-state index contributed by atoms with van der Waals surface area (Å²) in [4.78, 5) is 15.3. The Bertz CT molecular complexity index is 556. The van der Waals surface area contributed by atoms with Crippen molar-refractivity contribution < 1.29 is 9.18 Å². The van der Waals surface area contributed by atoms with E-state index in [-0.39, 0.29) is 18.3 Å². The number of amides is 1. The van der Waals surface area contributed by atoms with Gasteiger partial charge in [-0.15, -0.1) is 11.3 Å². The molecule has 0 saturated carbocycles. The average molecular weight is 265 g/mol. The van der Waals surface area contributed by atoms with Crippen LogP contribution in [-0.4, -0.2) is 17.4 Å². The Balaban J connectivity index is 2.04. The Labute approximate surface area is 108 Å². The molecule has 1 aromatic heterocycles. The van der Waals surface area contributed by atoms with Crippen molar-refractivity contribution in [1.29, 1.82) is 0 Å². The molecule has 3 N–H and O–H groups in total. The summed E-state index contributed by atoms with van der Waals surface area (Å²) in [5.41, 5.74) is 6.82. The summed E-state index contributed by atoms with van der Waals surface area (Å²) in [6.07, 6.45) is 0.534. The Hall–Kier alpha value is -1.79. The standard InChI is InChI=1S/C12H12FN3OS/c13-9-3-1-2-8(4-9)5-10-7-18-12(15-10)16-11(17)6-14/h1-4,7H,5-6,14H2,(H,15,16,17). The monoisotopic (exact) mass is 265 g/mol. The number of nitrogens with zero attached hydrogens (tertiary/aromatic N) is 1. The molecule has 1 amide bonds. The predicted molar refractivity (Wildman–Crippen MR) is 69.0 cm³/mol. The van der Waals surface area contributed by atoms with E-state index >= 15 is 0 Å². The second-order valence-electron chi connectivity index (χ2n) is 3.70. The van der Waals surface area contributed by atoms with E-state index < -0.39 is 0 Å². The SMILES string of the molecule is NCC(=O)Nc1nc(Cc2cccc(F)c2)cs1. The van der Waals surface area contributed by atoms with Crippen LogP contribution in [0, 0.1) is 5.82 Å². The summed E-state index contributed by atoms with van der Waals surface area (Å²) in [6.45, 7) is -0.0706. The number of nitrogens with one attached hydrogen (secondary N) is 1. The highest BCUT2D eigenvalue weighted by molar-refractivity contribution is 7.13. The molecule has 0 unspecified atom stereocenters. The van der Waals surface area contributed by atoms with E-state index in [2.05, 4.69) is 10.3 Å². The van der Waals surface area contributed by atoms with E-state index in [0.717, 1.165) is 11.3 Å². The molecule has 2 rings (SSSR count). The highest BCUT2D eigenvalue weighted by Crippen LogP contribution is 2.18. The number of rotatable bonds is 4. The number of thiazole rings is 1. The van der Waals surface area contributed by atoms with Crippen molar-refractivity contribution in [3.8, 4) is 0 Å². The number of hydrogen-bond acceptors (Lipinski definition) is 4. The molecular weight excluding hydrogens is 253 g/mol. The first-order valence-corrected chi connectivity index (χ1v) is 6.24. The van der Waals surface area contributed by atoms with Crippen LogP contribution >= 0.6 is 11.3 Å². The minimum absolute atomic E-state index is 0.0706. The Morgan fingerprint density at radius 3 is 3.06 bits per heavy atom. The van der Waals surface area contributed by atoms with Crippen LogP contribution in [0.3, 0.4) is 0 Å². The molecule has 4 nitrogen and oxygen atoms in total. The number of benzene rings is 1. The van der Waals surface area contributed by atoms with Gasteiger partial charge < -0.3 is 11.1 Å². The maximum Gasteiger partial charge on any atom is 0.239 e. The summed E-state index contributed by atoms with van der Waals surface area (Å²) >= 11 is 1.32. The molecule has 18 heavy (non-hydrogen) atoms. The molecule has 0 fully saturated rings. The summed E-state index contributed by atoms with van der Waals surface area (Å²) in [5, 5.41) is 4.92. The molecule has 0 aliphatic rings. The van der Waals surface area contributed by atoms with Crippen LogP contribution in [0.1, 0.15) is 11.3 Å². The lowest BCUT2D eigenvalue weighted by atomic mass is 10.1. The van der Waals surface area contributed by atoms with Gasteiger partial charge in [0.15, 0.2) is 5.13 Å². The van der Waals surface area contributed by atoms with Crippen LogP contribution in [0.2, 0.25) is 0 Å². The second kappa shape index (κ2) is 5.70. The van der Waals surface area contributed by atoms with Crippen LogP contribution in [0.4, 0.5) is 9.52 Å². The summed E-state index contributed by atoms with van der Waals surface area (Å²) in [5.74, 6) is -0.541. The first-order chi connectivity index (χ1) is 8.67. The third kappa shape index (κ3) is 3.35. The topological polar surface area (TPSA) is 68.0 Å². The van der Waals surface area contributed by atoms with Gasteiger partial charge in [0, 0.05) is 11.8 Å². The third-order valence-corrected chi connectivity index (χ3v) is 3.06. The number of anilines is 1. The van der Waals surface area contributed by atoms with E-state index in [1.807, 2.05) is 11.4 Å². The van der Waals surface area contributed by atoms with Crippen molar-refractivity contribution in [2.75, 3.05) is 11.9 Å². The Morgan fingerprint density at radius 1 is 1.50 bits per heavy atom. The van der Waals surface area contributed by atoms with Crippen LogP contribution in [-0.2, 0) is 11.2 Å².